The molecule has 1 aromatic heterocycles. The summed E-state index contributed by atoms with van der Waals surface area (Å²) < 4.78 is 5.17. The zero-order valence-electron chi connectivity index (χ0n) is 10.8. The number of hydrogen-bond donors (Lipinski definition) is 1. The van der Waals surface area contributed by atoms with Crippen LogP contribution in [0.25, 0.3) is 0 Å². The second kappa shape index (κ2) is 6.63. The number of rotatable bonds is 7. The summed E-state index contributed by atoms with van der Waals surface area (Å²) in [7, 11) is 0. The molecule has 0 saturated heterocycles. The van der Waals surface area contributed by atoms with E-state index in [4.69, 9.17) is 4.52 Å². The van der Waals surface area contributed by atoms with E-state index in [1.807, 2.05) is 0 Å². The molecule has 0 spiro atoms. The Balaban J connectivity index is 2.31. The van der Waals surface area contributed by atoms with E-state index in [0.717, 1.165) is 37.5 Å². The first-order valence-corrected chi connectivity index (χ1v) is 6.23. The van der Waals surface area contributed by atoms with Gasteiger partial charge in [0.05, 0.1) is 0 Å². The molecular weight excluding hydrogens is 202 g/mol. The van der Waals surface area contributed by atoms with Crippen molar-refractivity contribution < 1.29 is 4.52 Å². The van der Waals surface area contributed by atoms with Gasteiger partial charge in [0.2, 0.25) is 5.89 Å². The molecule has 0 fully saturated rings. The molecule has 1 rings (SSSR count). The summed E-state index contributed by atoms with van der Waals surface area (Å²) >= 11 is 0. The van der Waals surface area contributed by atoms with Crippen molar-refractivity contribution in [2.45, 2.75) is 58.9 Å². The molecule has 16 heavy (non-hydrogen) atoms. The van der Waals surface area contributed by atoms with Crippen molar-refractivity contribution in [3.8, 4) is 0 Å². The van der Waals surface area contributed by atoms with Crippen molar-refractivity contribution in [3.63, 3.8) is 0 Å². The van der Waals surface area contributed by atoms with Gasteiger partial charge in [0, 0.05) is 24.9 Å². The highest BCUT2D eigenvalue weighted by molar-refractivity contribution is 4.91. The molecule has 0 amide bonds. The monoisotopic (exact) mass is 225 g/mol. The lowest BCUT2D eigenvalue weighted by atomic mass is 10.2. The summed E-state index contributed by atoms with van der Waals surface area (Å²) in [5.74, 6) is 1.88. The van der Waals surface area contributed by atoms with Crippen LogP contribution in [-0.4, -0.2) is 22.7 Å². The van der Waals surface area contributed by atoms with E-state index in [1.54, 1.807) is 0 Å². The van der Waals surface area contributed by atoms with Crippen molar-refractivity contribution in [2.24, 2.45) is 0 Å². The third kappa shape index (κ3) is 3.93. The quantitative estimate of drug-likeness (QED) is 0.774. The van der Waals surface area contributed by atoms with E-state index >= 15 is 0 Å². The number of nitrogens with zero attached hydrogens (tertiary/aromatic N) is 2. The highest BCUT2D eigenvalue weighted by Gasteiger charge is 2.09. The predicted octanol–water partition coefficient (Wildman–Crippen LogP) is 2.51. The van der Waals surface area contributed by atoms with Crippen LogP contribution in [0.5, 0.6) is 0 Å². The van der Waals surface area contributed by atoms with Crippen LogP contribution in [-0.2, 0) is 6.42 Å². The molecule has 4 nitrogen and oxygen atoms in total. The fraction of sp³-hybridized carbons (Fsp3) is 0.833. The minimum atomic E-state index is 0.337. The maximum atomic E-state index is 5.17. The van der Waals surface area contributed by atoms with Gasteiger partial charge < -0.3 is 9.84 Å². The Morgan fingerprint density at radius 1 is 1.25 bits per heavy atom. The van der Waals surface area contributed by atoms with Gasteiger partial charge in [-0.3, -0.25) is 0 Å². The normalized spacial score (nSPS) is 11.6. The lowest BCUT2D eigenvalue weighted by molar-refractivity contribution is 0.364. The van der Waals surface area contributed by atoms with E-state index < -0.39 is 0 Å². The third-order valence-corrected chi connectivity index (χ3v) is 2.76. The minimum absolute atomic E-state index is 0.337. The van der Waals surface area contributed by atoms with Crippen LogP contribution >= 0.6 is 0 Å². The Bertz CT molecular complexity index is 292. The van der Waals surface area contributed by atoms with Crippen LogP contribution < -0.4 is 5.32 Å². The zero-order valence-corrected chi connectivity index (χ0v) is 10.8. The fourth-order valence-electron chi connectivity index (χ4n) is 1.56. The molecule has 0 radical (unpaired) electrons. The van der Waals surface area contributed by atoms with Crippen LogP contribution in [0.3, 0.4) is 0 Å². The van der Waals surface area contributed by atoms with Gasteiger partial charge in [0.25, 0.3) is 0 Å². The Labute approximate surface area is 97.8 Å². The Morgan fingerprint density at radius 3 is 2.44 bits per heavy atom. The third-order valence-electron chi connectivity index (χ3n) is 2.76. The molecule has 1 N–H and O–H groups in total. The summed E-state index contributed by atoms with van der Waals surface area (Å²) in [6.45, 7) is 9.44. The molecule has 1 heterocycles. The molecule has 0 aliphatic heterocycles. The summed E-state index contributed by atoms with van der Waals surface area (Å²) in [6.07, 6.45) is 3.14. The Morgan fingerprint density at radius 2 is 1.94 bits per heavy atom. The van der Waals surface area contributed by atoms with Crippen LogP contribution in [0.1, 0.15) is 58.2 Å². The van der Waals surface area contributed by atoms with Crippen LogP contribution in [0.15, 0.2) is 4.52 Å². The molecule has 0 bridgehead atoms. The molecular formula is C12H23N3O. The molecule has 0 saturated carbocycles. The number of aromatic nitrogens is 2. The van der Waals surface area contributed by atoms with Gasteiger partial charge in [-0.15, -0.1) is 0 Å². The average Bonchev–Trinajstić information content (AvgIpc) is 2.73. The Hall–Kier alpha value is -0.900. The van der Waals surface area contributed by atoms with Crippen LogP contribution in [0, 0.1) is 0 Å². The molecule has 92 valence electrons. The standard InChI is InChI=1S/C12H23N3O/c1-5-10(6-2)13-8-7-11-14-12(9(3)4)15-16-11/h9-10,13H,5-8H2,1-4H3. The van der Waals surface area contributed by atoms with Crippen molar-refractivity contribution in [2.75, 3.05) is 6.54 Å². The molecule has 0 unspecified atom stereocenters. The topological polar surface area (TPSA) is 51.0 Å². The number of nitrogens with one attached hydrogen (secondary N) is 1. The highest BCUT2D eigenvalue weighted by atomic mass is 16.5. The summed E-state index contributed by atoms with van der Waals surface area (Å²) in [4.78, 5) is 4.34. The molecule has 4 heteroatoms. The summed E-state index contributed by atoms with van der Waals surface area (Å²) in [5, 5.41) is 7.42. The van der Waals surface area contributed by atoms with Crippen molar-refractivity contribution in [1.29, 1.82) is 0 Å². The smallest absolute Gasteiger partial charge is 0.227 e. The van der Waals surface area contributed by atoms with E-state index in [-0.39, 0.29) is 0 Å². The van der Waals surface area contributed by atoms with E-state index in [9.17, 15) is 0 Å². The molecule has 1 aromatic rings. The van der Waals surface area contributed by atoms with E-state index in [1.165, 1.54) is 0 Å². The van der Waals surface area contributed by atoms with E-state index in [0.29, 0.717) is 12.0 Å². The second-order valence-electron chi connectivity index (χ2n) is 4.42. The first kappa shape index (κ1) is 13.2. The summed E-state index contributed by atoms with van der Waals surface area (Å²) in [6, 6.07) is 0.604. The van der Waals surface area contributed by atoms with Crippen molar-refractivity contribution in [1.82, 2.24) is 15.5 Å². The highest BCUT2D eigenvalue weighted by Crippen LogP contribution is 2.09. The average molecular weight is 225 g/mol. The maximum absolute atomic E-state index is 5.17. The largest absolute Gasteiger partial charge is 0.339 e. The van der Waals surface area contributed by atoms with Gasteiger partial charge in [-0.05, 0) is 12.8 Å². The first-order valence-electron chi connectivity index (χ1n) is 6.23. The molecule has 0 aromatic carbocycles. The van der Waals surface area contributed by atoms with Crippen molar-refractivity contribution in [3.05, 3.63) is 11.7 Å². The maximum Gasteiger partial charge on any atom is 0.227 e. The number of hydrogen-bond acceptors (Lipinski definition) is 4. The van der Waals surface area contributed by atoms with Gasteiger partial charge in [0.1, 0.15) is 0 Å². The molecule has 0 atom stereocenters. The lowest BCUT2D eigenvalue weighted by Crippen LogP contribution is -2.29. The fourth-order valence-corrected chi connectivity index (χ4v) is 1.56. The van der Waals surface area contributed by atoms with E-state index in [2.05, 4.69) is 43.2 Å². The lowest BCUT2D eigenvalue weighted by Gasteiger charge is -2.13. The van der Waals surface area contributed by atoms with Gasteiger partial charge in [-0.1, -0.05) is 32.9 Å². The predicted molar refractivity (Wildman–Crippen MR) is 64.5 cm³/mol. The first-order chi connectivity index (χ1) is 7.67. The zero-order chi connectivity index (χ0) is 12.0. The minimum Gasteiger partial charge on any atom is -0.339 e. The second-order valence-corrected chi connectivity index (χ2v) is 4.42. The van der Waals surface area contributed by atoms with Gasteiger partial charge in [-0.25, -0.2) is 0 Å². The van der Waals surface area contributed by atoms with Crippen molar-refractivity contribution >= 4 is 0 Å². The van der Waals surface area contributed by atoms with Gasteiger partial charge >= 0.3 is 0 Å². The molecule has 0 aliphatic carbocycles. The van der Waals surface area contributed by atoms with Crippen LogP contribution in [0.2, 0.25) is 0 Å². The Kier molecular flexibility index (Phi) is 5.46. The summed E-state index contributed by atoms with van der Waals surface area (Å²) in [5.41, 5.74) is 0. The van der Waals surface area contributed by atoms with Gasteiger partial charge in [0.15, 0.2) is 5.82 Å². The SMILES string of the molecule is CCC(CC)NCCc1nc(C(C)C)no1. The van der Waals surface area contributed by atoms with Crippen LogP contribution in [0.4, 0.5) is 0 Å². The molecule has 0 aliphatic rings. The van der Waals surface area contributed by atoms with Gasteiger partial charge in [-0.2, -0.15) is 4.98 Å².